The van der Waals surface area contributed by atoms with Crippen LogP contribution in [-0.4, -0.2) is 103 Å². The van der Waals surface area contributed by atoms with Gasteiger partial charge in [-0.3, -0.25) is 4.90 Å². The number of carbonyl (C=O) groups is 1. The molecule has 4 rings (SSSR count). The van der Waals surface area contributed by atoms with Gasteiger partial charge in [0.1, 0.15) is 18.3 Å². The first-order chi connectivity index (χ1) is 15.8. The minimum atomic E-state index is -1.82. The maximum absolute atomic E-state index is 11.3. The summed E-state index contributed by atoms with van der Waals surface area (Å²) < 4.78 is 10.6. The number of aliphatic hydroxyl groups excluding tert-OH is 3. The molecule has 33 heavy (non-hydrogen) atoms. The standard InChI is InChI=1S/C21H26N4O8/c26-13-3-2-12(11-24-6-8-25(9-7-24)21-22-4-1-5-23-21)10-14(13)32-20-17(29)15(27)16(28)18(33-20)19(30)31/h1-5,10,15-18,20,26-29H,6-9,11H2,(H,30,31). The Labute approximate surface area is 189 Å². The van der Waals surface area contributed by atoms with E-state index >= 15 is 0 Å². The topological polar surface area (TPSA) is 169 Å². The third-order valence-corrected chi connectivity index (χ3v) is 5.69. The maximum Gasteiger partial charge on any atom is 0.335 e. The van der Waals surface area contributed by atoms with Crippen molar-refractivity contribution in [2.45, 2.75) is 37.3 Å². The van der Waals surface area contributed by atoms with E-state index in [1.807, 2.05) is 0 Å². The monoisotopic (exact) mass is 462 g/mol. The summed E-state index contributed by atoms with van der Waals surface area (Å²) in [6, 6.07) is 6.48. The van der Waals surface area contributed by atoms with Crippen molar-refractivity contribution in [2.75, 3.05) is 31.1 Å². The molecule has 3 heterocycles. The Morgan fingerprint density at radius 3 is 2.42 bits per heavy atom. The maximum atomic E-state index is 11.3. The lowest BCUT2D eigenvalue weighted by Crippen LogP contribution is -2.61. The molecule has 12 nitrogen and oxygen atoms in total. The van der Waals surface area contributed by atoms with Crippen LogP contribution in [0.1, 0.15) is 5.56 Å². The lowest BCUT2D eigenvalue weighted by Gasteiger charge is -2.38. The molecule has 5 N–H and O–H groups in total. The van der Waals surface area contributed by atoms with E-state index in [1.54, 1.807) is 30.6 Å². The number of aromatic hydroxyl groups is 1. The fraction of sp³-hybridized carbons (Fsp3) is 0.476. The van der Waals surface area contributed by atoms with E-state index in [1.165, 1.54) is 6.07 Å². The molecule has 0 radical (unpaired) electrons. The Hall–Kier alpha value is -3.03. The molecule has 5 atom stereocenters. The van der Waals surface area contributed by atoms with Crippen molar-refractivity contribution in [3.8, 4) is 11.5 Å². The summed E-state index contributed by atoms with van der Waals surface area (Å²) in [6.07, 6.45) is -5.30. The number of carboxylic acids is 1. The number of aliphatic hydroxyl groups is 3. The van der Waals surface area contributed by atoms with Crippen LogP contribution >= 0.6 is 0 Å². The first-order valence-electron chi connectivity index (χ1n) is 10.5. The van der Waals surface area contributed by atoms with Crippen molar-refractivity contribution < 1.29 is 39.8 Å². The fourth-order valence-corrected chi connectivity index (χ4v) is 3.84. The first-order valence-corrected chi connectivity index (χ1v) is 10.5. The van der Waals surface area contributed by atoms with Crippen molar-refractivity contribution in [3.05, 3.63) is 42.2 Å². The summed E-state index contributed by atoms with van der Waals surface area (Å²) in [4.78, 5) is 24.1. The highest BCUT2D eigenvalue weighted by Gasteiger charge is 2.48. The van der Waals surface area contributed by atoms with E-state index in [0.717, 1.165) is 31.7 Å². The van der Waals surface area contributed by atoms with Gasteiger partial charge in [-0.2, -0.15) is 0 Å². The zero-order valence-electron chi connectivity index (χ0n) is 17.6. The summed E-state index contributed by atoms with van der Waals surface area (Å²) in [7, 11) is 0. The molecule has 1 aromatic heterocycles. The second kappa shape index (κ2) is 9.85. The minimum Gasteiger partial charge on any atom is -0.504 e. The summed E-state index contributed by atoms with van der Waals surface area (Å²) in [5.74, 6) is -1.11. The second-order valence-electron chi connectivity index (χ2n) is 7.97. The lowest BCUT2D eigenvalue weighted by molar-refractivity contribution is -0.271. The van der Waals surface area contributed by atoms with Gasteiger partial charge in [0.2, 0.25) is 12.2 Å². The number of aliphatic carboxylic acids is 1. The predicted octanol–water partition coefficient (Wildman–Crippen LogP) is -1.22. The van der Waals surface area contributed by atoms with E-state index < -0.39 is 36.7 Å². The van der Waals surface area contributed by atoms with Crippen LogP contribution < -0.4 is 9.64 Å². The highest BCUT2D eigenvalue weighted by molar-refractivity contribution is 5.73. The number of rotatable bonds is 6. The Morgan fingerprint density at radius 2 is 1.76 bits per heavy atom. The Kier molecular flexibility index (Phi) is 6.91. The van der Waals surface area contributed by atoms with Crippen molar-refractivity contribution in [2.24, 2.45) is 0 Å². The molecule has 0 saturated carbocycles. The molecule has 12 heteroatoms. The predicted molar refractivity (Wildman–Crippen MR) is 113 cm³/mol. The quantitative estimate of drug-likeness (QED) is 0.347. The molecule has 2 saturated heterocycles. The normalized spacial score (nSPS) is 28.5. The molecular weight excluding hydrogens is 436 g/mol. The molecule has 2 fully saturated rings. The van der Waals surface area contributed by atoms with Gasteiger partial charge in [-0.25, -0.2) is 14.8 Å². The van der Waals surface area contributed by atoms with Gasteiger partial charge < -0.3 is 39.9 Å². The fourth-order valence-electron chi connectivity index (χ4n) is 3.84. The van der Waals surface area contributed by atoms with Gasteiger partial charge >= 0.3 is 5.97 Å². The molecule has 0 amide bonds. The largest absolute Gasteiger partial charge is 0.504 e. The van der Waals surface area contributed by atoms with Gasteiger partial charge in [0.15, 0.2) is 17.6 Å². The Morgan fingerprint density at radius 1 is 1.06 bits per heavy atom. The number of ether oxygens (including phenoxy) is 2. The van der Waals surface area contributed by atoms with Gasteiger partial charge in [-0.15, -0.1) is 0 Å². The molecule has 2 aliphatic rings. The number of hydrogen-bond donors (Lipinski definition) is 5. The van der Waals surface area contributed by atoms with Crippen LogP contribution in [0.2, 0.25) is 0 Å². The van der Waals surface area contributed by atoms with Crippen molar-refractivity contribution in [1.29, 1.82) is 0 Å². The van der Waals surface area contributed by atoms with Crippen molar-refractivity contribution in [3.63, 3.8) is 0 Å². The number of carboxylic acid groups (broad SMARTS) is 1. The van der Waals surface area contributed by atoms with E-state index in [0.29, 0.717) is 12.5 Å². The van der Waals surface area contributed by atoms with Crippen LogP contribution in [-0.2, 0) is 16.1 Å². The van der Waals surface area contributed by atoms with Crippen LogP contribution in [0.4, 0.5) is 5.95 Å². The number of piperazine rings is 1. The summed E-state index contributed by atoms with van der Waals surface area (Å²) in [5.41, 5.74) is 0.813. The lowest BCUT2D eigenvalue weighted by atomic mass is 9.99. The van der Waals surface area contributed by atoms with Crippen molar-refractivity contribution >= 4 is 11.9 Å². The molecule has 0 bridgehead atoms. The first kappa shape index (κ1) is 23.1. The molecule has 0 spiro atoms. The van der Waals surface area contributed by atoms with Crippen LogP contribution in [0.3, 0.4) is 0 Å². The van der Waals surface area contributed by atoms with Crippen LogP contribution in [0, 0.1) is 0 Å². The Balaban J connectivity index is 1.39. The summed E-state index contributed by atoms with van der Waals surface area (Å²) >= 11 is 0. The second-order valence-corrected chi connectivity index (χ2v) is 7.97. The van der Waals surface area contributed by atoms with E-state index in [9.17, 15) is 25.2 Å². The molecule has 1 aromatic carbocycles. The average molecular weight is 462 g/mol. The summed E-state index contributed by atoms with van der Waals surface area (Å²) in [5, 5.41) is 49.3. The van der Waals surface area contributed by atoms with Gasteiger partial charge in [0, 0.05) is 45.1 Å². The van der Waals surface area contributed by atoms with Gasteiger partial charge in [-0.05, 0) is 23.8 Å². The third kappa shape index (κ3) is 5.15. The van der Waals surface area contributed by atoms with Crippen LogP contribution in [0.5, 0.6) is 11.5 Å². The molecule has 2 aliphatic heterocycles. The van der Waals surface area contributed by atoms with Gasteiger partial charge in [-0.1, -0.05) is 6.07 Å². The highest BCUT2D eigenvalue weighted by atomic mass is 16.7. The number of aromatic nitrogens is 2. The number of phenolic OH excluding ortho intramolecular Hbond substituents is 1. The van der Waals surface area contributed by atoms with E-state index in [4.69, 9.17) is 14.6 Å². The number of nitrogens with zero attached hydrogens (tertiary/aromatic N) is 4. The molecular formula is C21H26N4O8. The number of hydrogen-bond acceptors (Lipinski definition) is 11. The minimum absolute atomic E-state index is 0.0411. The van der Waals surface area contributed by atoms with E-state index in [-0.39, 0.29) is 11.5 Å². The molecule has 0 aliphatic carbocycles. The highest BCUT2D eigenvalue weighted by Crippen LogP contribution is 2.32. The third-order valence-electron chi connectivity index (χ3n) is 5.69. The van der Waals surface area contributed by atoms with Crippen molar-refractivity contribution in [1.82, 2.24) is 14.9 Å². The molecule has 2 aromatic rings. The summed E-state index contributed by atoms with van der Waals surface area (Å²) in [6.45, 7) is 3.61. The smallest absolute Gasteiger partial charge is 0.335 e. The van der Waals surface area contributed by atoms with Crippen LogP contribution in [0.15, 0.2) is 36.7 Å². The number of phenols is 1. The molecule has 5 unspecified atom stereocenters. The number of anilines is 1. The molecule has 178 valence electrons. The van der Waals surface area contributed by atoms with E-state index in [2.05, 4.69) is 19.8 Å². The van der Waals surface area contributed by atoms with Gasteiger partial charge in [0.25, 0.3) is 0 Å². The Bertz CT molecular complexity index is 957. The SMILES string of the molecule is O=C(O)C1OC(Oc2cc(CN3CCN(c4ncccn4)CC3)ccc2O)C(O)C(O)C1O. The zero-order valence-corrected chi connectivity index (χ0v) is 17.6. The average Bonchev–Trinajstić information content (AvgIpc) is 2.82. The zero-order chi connectivity index (χ0) is 23.5. The van der Waals surface area contributed by atoms with Gasteiger partial charge in [0.05, 0.1) is 0 Å². The van der Waals surface area contributed by atoms with Crippen LogP contribution in [0.25, 0.3) is 0 Å². The number of benzene rings is 1.